The molecule has 7 heteroatoms. The van der Waals surface area contributed by atoms with E-state index in [0.717, 1.165) is 0 Å². The van der Waals surface area contributed by atoms with Gasteiger partial charge >= 0.3 is 11.0 Å². The van der Waals surface area contributed by atoms with Gasteiger partial charge in [-0.25, -0.2) is 0 Å². The molecule has 1 nitrogen and oxygen atoms in total. The highest BCUT2D eigenvalue weighted by Crippen LogP contribution is 2.35. The summed E-state index contributed by atoms with van der Waals surface area (Å²) in [6.45, 7) is 0. The minimum Gasteiger partial charge on any atom is -0.378 e. The van der Waals surface area contributed by atoms with Crippen molar-refractivity contribution in [2.24, 2.45) is 0 Å². The molecule has 0 aliphatic heterocycles. The molecule has 0 aromatic rings. The third-order valence-corrected chi connectivity index (χ3v) is 1.05. The summed E-state index contributed by atoms with van der Waals surface area (Å²) < 4.78 is 56.7. The van der Waals surface area contributed by atoms with E-state index in [-0.39, 0.29) is 0 Å². The van der Waals surface area contributed by atoms with Crippen molar-refractivity contribution in [3.05, 3.63) is 0 Å². The molecular weight excluding hydrogens is 227 g/mol. The molecule has 0 aromatic heterocycles. The third-order valence-electron chi connectivity index (χ3n) is 0.620. The first-order chi connectivity index (χ1) is 4.15. The van der Waals surface area contributed by atoms with Gasteiger partial charge in [0.05, 0.1) is 0 Å². The first-order valence-corrected chi connectivity index (χ1v) is 2.76. The second-order valence-electron chi connectivity index (χ2n) is 1.49. The molecule has 62 valence electrons. The van der Waals surface area contributed by atoms with Crippen molar-refractivity contribution < 1.29 is 27.1 Å². The van der Waals surface area contributed by atoms with Gasteiger partial charge in [0.1, 0.15) is 0 Å². The van der Waals surface area contributed by atoms with Gasteiger partial charge in [-0.1, -0.05) is 0 Å². The summed E-state index contributed by atoms with van der Waals surface area (Å²) in [6.07, 6.45) is -8.95. The van der Waals surface area contributed by atoms with E-state index < -0.39 is 17.1 Å². The van der Waals surface area contributed by atoms with Gasteiger partial charge in [0.15, 0.2) is 0 Å². The second-order valence-corrected chi connectivity index (χ2v) is 2.54. The van der Waals surface area contributed by atoms with E-state index in [2.05, 4.69) is 0 Å². The van der Waals surface area contributed by atoms with Gasteiger partial charge in [0, 0.05) is 0 Å². The lowest BCUT2D eigenvalue weighted by Gasteiger charge is -2.18. The van der Waals surface area contributed by atoms with Gasteiger partial charge in [0.25, 0.3) is 0 Å². The van der Waals surface area contributed by atoms with E-state index in [1.54, 1.807) is 0 Å². The van der Waals surface area contributed by atoms with Gasteiger partial charge in [-0.05, 0) is 15.9 Å². The van der Waals surface area contributed by atoms with Crippen molar-refractivity contribution >= 4 is 15.9 Å². The van der Waals surface area contributed by atoms with E-state index in [9.17, 15) is 22.0 Å². The summed E-state index contributed by atoms with van der Waals surface area (Å²) in [5.41, 5.74) is 0. The van der Waals surface area contributed by atoms with Gasteiger partial charge < -0.3 is 5.11 Å². The van der Waals surface area contributed by atoms with Crippen LogP contribution in [-0.2, 0) is 0 Å². The lowest BCUT2D eigenvalue weighted by molar-refractivity contribution is -0.243. The van der Waals surface area contributed by atoms with E-state index >= 15 is 0 Å². The van der Waals surface area contributed by atoms with Crippen LogP contribution >= 0.6 is 15.9 Å². The Morgan fingerprint density at radius 1 is 1.10 bits per heavy atom. The quantitative estimate of drug-likeness (QED) is 0.537. The Hall–Kier alpha value is 0.0900. The first kappa shape index (κ1) is 10.1. The zero-order valence-corrected chi connectivity index (χ0v) is 5.88. The summed E-state index contributed by atoms with van der Waals surface area (Å²) in [7, 11) is 0. The number of hydrogen-bond acceptors (Lipinski definition) is 1. The predicted octanol–water partition coefficient (Wildman–Crippen LogP) is 1.90. The average molecular weight is 229 g/mol. The van der Waals surface area contributed by atoms with Crippen LogP contribution in [0.25, 0.3) is 0 Å². The number of aliphatic hydroxyl groups excluding tert-OH is 1. The Kier molecular flexibility index (Phi) is 2.64. The second kappa shape index (κ2) is 2.61. The maximum Gasteiger partial charge on any atom is 0.421 e. The van der Waals surface area contributed by atoms with Crippen LogP contribution in [0, 0.1) is 0 Å². The summed E-state index contributed by atoms with van der Waals surface area (Å²) in [5, 5.41) is 7.80. The fourth-order valence-electron chi connectivity index (χ4n) is 0.186. The molecule has 1 unspecified atom stereocenters. The van der Waals surface area contributed by atoms with Crippen LogP contribution < -0.4 is 0 Å². The largest absolute Gasteiger partial charge is 0.421 e. The van der Waals surface area contributed by atoms with Crippen LogP contribution in [0.1, 0.15) is 0 Å². The molecule has 0 aromatic carbocycles. The lowest BCUT2D eigenvalue weighted by atomic mass is 10.4. The van der Waals surface area contributed by atoms with Gasteiger partial charge in [-0.2, -0.15) is 22.0 Å². The first-order valence-electron chi connectivity index (χ1n) is 1.97. The summed E-state index contributed by atoms with van der Waals surface area (Å²) in [4.78, 5) is -4.31. The molecule has 0 aliphatic rings. The van der Waals surface area contributed by atoms with Crippen LogP contribution in [0.2, 0.25) is 0 Å². The Balaban J connectivity index is 4.23. The van der Waals surface area contributed by atoms with E-state index in [1.807, 2.05) is 0 Å². The van der Waals surface area contributed by atoms with Gasteiger partial charge in [-0.15, -0.1) is 0 Å². The molecule has 0 bridgehead atoms. The third kappa shape index (κ3) is 2.78. The zero-order chi connectivity index (χ0) is 8.58. The molecular formula is C3H2BrF5O. The maximum absolute atomic E-state index is 11.6. The van der Waals surface area contributed by atoms with Crippen LogP contribution in [0.5, 0.6) is 0 Å². The van der Waals surface area contributed by atoms with Crippen molar-refractivity contribution in [3.8, 4) is 0 Å². The molecule has 0 aliphatic carbocycles. The Labute approximate surface area is 61.0 Å². The minimum absolute atomic E-state index is 1.38. The monoisotopic (exact) mass is 228 g/mol. The average Bonchev–Trinajstić information content (AvgIpc) is 1.59. The van der Waals surface area contributed by atoms with Gasteiger partial charge in [0.2, 0.25) is 6.10 Å². The van der Waals surface area contributed by atoms with Crippen molar-refractivity contribution in [2.45, 2.75) is 17.1 Å². The van der Waals surface area contributed by atoms with Crippen molar-refractivity contribution in [1.82, 2.24) is 0 Å². The number of aliphatic hydroxyl groups is 1. The summed E-state index contributed by atoms with van der Waals surface area (Å²) in [5.74, 6) is 0. The Bertz CT molecular complexity index is 101. The highest BCUT2D eigenvalue weighted by molar-refractivity contribution is 9.10. The Morgan fingerprint density at radius 2 is 1.40 bits per heavy atom. The van der Waals surface area contributed by atoms with Crippen molar-refractivity contribution in [3.63, 3.8) is 0 Å². The maximum atomic E-state index is 11.6. The molecule has 0 amide bonds. The molecule has 0 saturated heterocycles. The number of alkyl halides is 6. The molecule has 0 fully saturated rings. The highest BCUT2D eigenvalue weighted by atomic mass is 79.9. The number of hydrogen-bond donors (Lipinski definition) is 1. The standard InChI is InChI=1S/C3H2BrF5O/c4-2(5,6)1(10)3(7,8)9/h1,10H. The zero-order valence-electron chi connectivity index (χ0n) is 4.29. The van der Waals surface area contributed by atoms with E-state index in [1.165, 1.54) is 15.9 Å². The Morgan fingerprint density at radius 3 is 1.40 bits per heavy atom. The van der Waals surface area contributed by atoms with Crippen LogP contribution in [0.15, 0.2) is 0 Å². The highest BCUT2D eigenvalue weighted by Gasteiger charge is 2.53. The van der Waals surface area contributed by atoms with Crippen molar-refractivity contribution in [1.29, 1.82) is 0 Å². The summed E-state index contributed by atoms with van der Waals surface area (Å²) >= 11 is 1.38. The predicted molar refractivity (Wildman–Crippen MR) is 25.9 cm³/mol. The van der Waals surface area contributed by atoms with Crippen LogP contribution in [-0.4, -0.2) is 22.2 Å². The van der Waals surface area contributed by atoms with E-state index in [0.29, 0.717) is 0 Å². The SMILES string of the molecule is OC(C(F)(F)F)C(F)(F)Br. The summed E-state index contributed by atoms with van der Waals surface area (Å²) in [6, 6.07) is 0. The molecule has 0 heterocycles. The van der Waals surface area contributed by atoms with Crippen LogP contribution in [0.3, 0.4) is 0 Å². The van der Waals surface area contributed by atoms with Crippen molar-refractivity contribution in [2.75, 3.05) is 0 Å². The molecule has 1 atom stereocenters. The molecule has 0 rings (SSSR count). The minimum atomic E-state index is -5.30. The van der Waals surface area contributed by atoms with E-state index in [4.69, 9.17) is 5.11 Å². The fraction of sp³-hybridized carbons (Fsp3) is 1.00. The van der Waals surface area contributed by atoms with Gasteiger partial charge in [-0.3, -0.25) is 0 Å². The molecule has 10 heavy (non-hydrogen) atoms. The smallest absolute Gasteiger partial charge is 0.378 e. The molecule has 1 N–H and O–H groups in total. The molecule has 0 spiro atoms. The van der Waals surface area contributed by atoms with Crippen LogP contribution in [0.4, 0.5) is 22.0 Å². The topological polar surface area (TPSA) is 20.2 Å². The molecule has 0 saturated carbocycles. The lowest BCUT2D eigenvalue weighted by Crippen LogP contribution is -2.40. The number of rotatable bonds is 1. The molecule has 0 radical (unpaired) electrons. The fourth-order valence-corrected chi connectivity index (χ4v) is 0.445. The normalized spacial score (nSPS) is 17.1. The number of halogens is 6.